The first-order valence-electron chi connectivity index (χ1n) is 4.45. The number of ether oxygens (including phenoxy) is 1. The summed E-state index contributed by atoms with van der Waals surface area (Å²) in [6.45, 7) is 5.21. The molecule has 0 aromatic carbocycles. The van der Waals surface area contributed by atoms with Crippen molar-refractivity contribution in [1.82, 2.24) is 10.6 Å². The van der Waals surface area contributed by atoms with Crippen molar-refractivity contribution in [3.8, 4) is 0 Å². The first kappa shape index (κ1) is 7.53. The van der Waals surface area contributed by atoms with Crippen LogP contribution in [0.5, 0.6) is 0 Å². The Balaban J connectivity index is 1.86. The molecule has 3 heteroatoms. The second-order valence-electron chi connectivity index (χ2n) is 3.53. The highest BCUT2D eigenvalue weighted by atomic mass is 16.5. The SMILES string of the molecule is C1CNC2(CCOC1)CNC2. The van der Waals surface area contributed by atoms with E-state index in [1.54, 1.807) is 0 Å². The van der Waals surface area contributed by atoms with Crippen molar-refractivity contribution in [2.45, 2.75) is 18.4 Å². The number of rotatable bonds is 0. The maximum Gasteiger partial charge on any atom is 0.0484 e. The molecule has 2 heterocycles. The van der Waals surface area contributed by atoms with E-state index in [1.807, 2.05) is 0 Å². The Morgan fingerprint density at radius 2 is 2.09 bits per heavy atom. The summed E-state index contributed by atoms with van der Waals surface area (Å²) >= 11 is 0. The van der Waals surface area contributed by atoms with Crippen LogP contribution in [0.4, 0.5) is 0 Å². The largest absolute Gasteiger partial charge is 0.381 e. The second-order valence-corrected chi connectivity index (χ2v) is 3.53. The normalized spacial score (nSPS) is 30.5. The summed E-state index contributed by atoms with van der Waals surface area (Å²) < 4.78 is 5.44. The first-order valence-corrected chi connectivity index (χ1v) is 4.45. The molecule has 2 aliphatic rings. The average Bonchev–Trinajstić information content (AvgIpc) is 1.82. The van der Waals surface area contributed by atoms with Crippen molar-refractivity contribution in [3.05, 3.63) is 0 Å². The summed E-state index contributed by atoms with van der Waals surface area (Å²) in [5, 5.41) is 6.89. The number of nitrogens with one attached hydrogen (secondary N) is 2. The molecule has 2 fully saturated rings. The van der Waals surface area contributed by atoms with Crippen molar-refractivity contribution in [1.29, 1.82) is 0 Å². The third-order valence-electron chi connectivity index (χ3n) is 2.62. The van der Waals surface area contributed by atoms with E-state index in [4.69, 9.17) is 4.74 Å². The standard InChI is InChI=1S/C8H16N2O/c1-3-10-8(6-9-7-8)2-5-11-4-1/h9-10H,1-7H2. The summed E-state index contributed by atoms with van der Waals surface area (Å²) in [7, 11) is 0. The van der Waals surface area contributed by atoms with Crippen molar-refractivity contribution in [2.24, 2.45) is 0 Å². The van der Waals surface area contributed by atoms with E-state index in [0.717, 1.165) is 39.3 Å². The monoisotopic (exact) mass is 156 g/mol. The van der Waals surface area contributed by atoms with Gasteiger partial charge in [0.2, 0.25) is 0 Å². The third kappa shape index (κ3) is 1.55. The Kier molecular flexibility index (Phi) is 2.11. The van der Waals surface area contributed by atoms with Crippen molar-refractivity contribution in [3.63, 3.8) is 0 Å². The van der Waals surface area contributed by atoms with E-state index in [9.17, 15) is 0 Å². The van der Waals surface area contributed by atoms with Gasteiger partial charge in [-0.05, 0) is 19.4 Å². The molecule has 0 atom stereocenters. The minimum Gasteiger partial charge on any atom is -0.381 e. The molecule has 2 N–H and O–H groups in total. The van der Waals surface area contributed by atoms with Crippen molar-refractivity contribution < 1.29 is 4.74 Å². The average molecular weight is 156 g/mol. The molecular formula is C8H16N2O. The maximum absolute atomic E-state index is 5.44. The van der Waals surface area contributed by atoms with Gasteiger partial charge in [-0.25, -0.2) is 0 Å². The van der Waals surface area contributed by atoms with E-state index < -0.39 is 0 Å². The molecule has 1 spiro atoms. The fourth-order valence-electron chi connectivity index (χ4n) is 1.71. The van der Waals surface area contributed by atoms with Crippen LogP contribution < -0.4 is 10.6 Å². The highest BCUT2D eigenvalue weighted by molar-refractivity contribution is 5.00. The zero-order chi connectivity index (χ0) is 7.57. The van der Waals surface area contributed by atoms with Gasteiger partial charge in [0.05, 0.1) is 0 Å². The smallest absolute Gasteiger partial charge is 0.0484 e. The quantitative estimate of drug-likeness (QED) is 0.506. The van der Waals surface area contributed by atoms with E-state index in [1.165, 1.54) is 6.42 Å². The van der Waals surface area contributed by atoms with E-state index in [-0.39, 0.29) is 0 Å². The molecule has 0 saturated carbocycles. The van der Waals surface area contributed by atoms with Crippen molar-refractivity contribution >= 4 is 0 Å². The summed E-state index contributed by atoms with van der Waals surface area (Å²) in [4.78, 5) is 0. The molecular weight excluding hydrogens is 140 g/mol. The van der Waals surface area contributed by atoms with E-state index in [2.05, 4.69) is 10.6 Å². The maximum atomic E-state index is 5.44. The number of hydrogen-bond acceptors (Lipinski definition) is 3. The molecule has 2 aliphatic heterocycles. The lowest BCUT2D eigenvalue weighted by molar-refractivity contribution is 0.0661. The molecule has 2 saturated heterocycles. The van der Waals surface area contributed by atoms with Gasteiger partial charge >= 0.3 is 0 Å². The summed E-state index contributed by atoms with van der Waals surface area (Å²) in [6, 6.07) is 0. The molecule has 0 aromatic heterocycles. The van der Waals surface area contributed by atoms with Crippen LogP contribution in [0, 0.1) is 0 Å². The second kappa shape index (κ2) is 3.09. The van der Waals surface area contributed by atoms with Gasteiger partial charge in [-0.2, -0.15) is 0 Å². The van der Waals surface area contributed by atoms with Gasteiger partial charge in [0, 0.05) is 31.8 Å². The Morgan fingerprint density at radius 1 is 1.18 bits per heavy atom. The third-order valence-corrected chi connectivity index (χ3v) is 2.62. The Hall–Kier alpha value is -0.120. The molecule has 3 nitrogen and oxygen atoms in total. The minimum absolute atomic E-state index is 0.389. The molecule has 0 radical (unpaired) electrons. The molecule has 64 valence electrons. The Bertz CT molecular complexity index is 124. The fraction of sp³-hybridized carbons (Fsp3) is 1.00. The Labute approximate surface area is 67.5 Å². The summed E-state index contributed by atoms with van der Waals surface area (Å²) in [6.07, 6.45) is 2.32. The van der Waals surface area contributed by atoms with Crippen LogP contribution in [-0.4, -0.2) is 38.4 Å². The van der Waals surface area contributed by atoms with Gasteiger partial charge in [0.1, 0.15) is 0 Å². The molecule has 2 rings (SSSR count). The molecule has 0 aromatic rings. The van der Waals surface area contributed by atoms with Gasteiger partial charge in [-0.15, -0.1) is 0 Å². The zero-order valence-electron chi connectivity index (χ0n) is 6.86. The van der Waals surface area contributed by atoms with Crippen molar-refractivity contribution in [2.75, 3.05) is 32.8 Å². The molecule has 0 amide bonds. The highest BCUT2D eigenvalue weighted by Gasteiger charge is 2.36. The van der Waals surface area contributed by atoms with Gasteiger partial charge in [-0.3, -0.25) is 0 Å². The minimum atomic E-state index is 0.389. The van der Waals surface area contributed by atoms with E-state index >= 15 is 0 Å². The number of hydrogen-bond donors (Lipinski definition) is 2. The van der Waals surface area contributed by atoms with Gasteiger partial charge in [-0.1, -0.05) is 0 Å². The van der Waals surface area contributed by atoms with Gasteiger partial charge in [0.15, 0.2) is 0 Å². The molecule has 0 aliphatic carbocycles. The van der Waals surface area contributed by atoms with Crippen LogP contribution >= 0.6 is 0 Å². The van der Waals surface area contributed by atoms with Crippen LogP contribution in [0.15, 0.2) is 0 Å². The Morgan fingerprint density at radius 3 is 2.82 bits per heavy atom. The topological polar surface area (TPSA) is 33.3 Å². The molecule has 11 heavy (non-hydrogen) atoms. The van der Waals surface area contributed by atoms with Gasteiger partial charge < -0.3 is 15.4 Å². The predicted molar refractivity (Wildman–Crippen MR) is 43.7 cm³/mol. The van der Waals surface area contributed by atoms with Crippen LogP contribution in [-0.2, 0) is 4.74 Å². The first-order chi connectivity index (χ1) is 5.41. The summed E-state index contributed by atoms with van der Waals surface area (Å²) in [5.74, 6) is 0. The van der Waals surface area contributed by atoms with Crippen LogP contribution in [0.2, 0.25) is 0 Å². The zero-order valence-corrected chi connectivity index (χ0v) is 6.86. The molecule has 0 bridgehead atoms. The fourth-order valence-corrected chi connectivity index (χ4v) is 1.71. The lowest BCUT2D eigenvalue weighted by Gasteiger charge is -2.44. The van der Waals surface area contributed by atoms with Crippen LogP contribution in [0.3, 0.4) is 0 Å². The lowest BCUT2D eigenvalue weighted by Crippen LogP contribution is -2.68. The highest BCUT2D eigenvalue weighted by Crippen LogP contribution is 2.17. The van der Waals surface area contributed by atoms with Crippen LogP contribution in [0.25, 0.3) is 0 Å². The molecule has 0 unspecified atom stereocenters. The summed E-state index contributed by atoms with van der Waals surface area (Å²) in [5.41, 5.74) is 0.389. The van der Waals surface area contributed by atoms with Gasteiger partial charge in [0.25, 0.3) is 0 Å². The van der Waals surface area contributed by atoms with E-state index in [0.29, 0.717) is 5.54 Å². The van der Waals surface area contributed by atoms with Crippen LogP contribution in [0.1, 0.15) is 12.8 Å². The lowest BCUT2D eigenvalue weighted by atomic mass is 9.88. The predicted octanol–water partition coefficient (Wildman–Crippen LogP) is -0.272.